The Morgan fingerprint density at radius 2 is 1.88 bits per heavy atom. The predicted octanol–water partition coefficient (Wildman–Crippen LogP) is 2.48. The van der Waals surface area contributed by atoms with Crippen LogP contribution in [0, 0.1) is 0 Å². The molecule has 0 unspecified atom stereocenters. The molecule has 6 nitrogen and oxygen atoms in total. The molecule has 0 spiro atoms. The molecule has 1 amide bonds. The summed E-state index contributed by atoms with van der Waals surface area (Å²) in [5.74, 6) is 0.423. The number of sulfonamides is 1. The number of halogens is 1. The Kier molecular flexibility index (Phi) is 5.27. The van der Waals surface area contributed by atoms with E-state index in [0.717, 1.165) is 0 Å². The number of hydrogen-bond acceptors (Lipinski definition) is 4. The minimum absolute atomic E-state index is 0.164. The summed E-state index contributed by atoms with van der Waals surface area (Å²) in [6.07, 6.45) is 4.56. The van der Waals surface area contributed by atoms with Gasteiger partial charge in [0.15, 0.2) is 0 Å². The maximum absolute atomic E-state index is 12.6. The Hall–Kier alpha value is -2.09. The van der Waals surface area contributed by atoms with Gasteiger partial charge in [0.05, 0.1) is 11.2 Å². The van der Waals surface area contributed by atoms with Gasteiger partial charge in [0.2, 0.25) is 15.9 Å². The average molecular weight is 381 g/mol. The number of nitrogens with zero attached hydrogens (tertiary/aromatic N) is 2. The normalized spacial score (nSPS) is 16.4. The van der Waals surface area contributed by atoms with Gasteiger partial charge in [-0.2, -0.15) is 4.31 Å². The molecule has 1 aliphatic heterocycles. The molecule has 0 saturated carbocycles. The van der Waals surface area contributed by atoms with Gasteiger partial charge in [0.25, 0.3) is 0 Å². The van der Waals surface area contributed by atoms with Crippen LogP contribution in [0.5, 0.6) is 0 Å². The summed E-state index contributed by atoms with van der Waals surface area (Å²) in [4.78, 5) is 14.0. The molecule has 2 aromatic rings. The first-order valence-electron chi connectivity index (χ1n) is 7.73. The summed E-state index contributed by atoms with van der Waals surface area (Å²) in [5.41, 5.74) is 0. The van der Waals surface area contributed by atoms with Crippen molar-refractivity contribution in [1.29, 1.82) is 0 Å². The molecule has 0 bridgehead atoms. The SMILES string of the molecule is O=C(/C=C/c1ccco1)N1CCN(S(=O)(=O)c2cccc(Cl)c2)CC1. The molecule has 3 rings (SSSR count). The van der Waals surface area contributed by atoms with E-state index in [0.29, 0.717) is 23.9 Å². The highest BCUT2D eigenvalue weighted by Crippen LogP contribution is 2.21. The summed E-state index contributed by atoms with van der Waals surface area (Å²) in [6, 6.07) is 9.67. The summed E-state index contributed by atoms with van der Waals surface area (Å²) in [5, 5.41) is 0.373. The standard InChI is InChI=1S/C17H17ClN2O4S/c18-14-3-1-5-16(13-14)25(22,23)20-10-8-19(9-11-20)17(21)7-6-15-4-2-12-24-15/h1-7,12-13H,8-11H2/b7-6+. The molecule has 1 aromatic heterocycles. The van der Waals surface area contributed by atoms with Crippen molar-refractivity contribution in [2.45, 2.75) is 4.90 Å². The van der Waals surface area contributed by atoms with Crippen LogP contribution in [-0.2, 0) is 14.8 Å². The Labute approximate surface area is 151 Å². The van der Waals surface area contributed by atoms with E-state index in [-0.39, 0.29) is 23.9 Å². The second-order valence-electron chi connectivity index (χ2n) is 5.54. The lowest BCUT2D eigenvalue weighted by Crippen LogP contribution is -2.50. The van der Waals surface area contributed by atoms with Crippen LogP contribution in [0.3, 0.4) is 0 Å². The van der Waals surface area contributed by atoms with Crippen LogP contribution in [0.1, 0.15) is 5.76 Å². The fourth-order valence-electron chi connectivity index (χ4n) is 2.57. The number of rotatable bonds is 4. The average Bonchev–Trinajstić information content (AvgIpc) is 3.13. The molecule has 0 radical (unpaired) electrons. The fourth-order valence-corrected chi connectivity index (χ4v) is 4.29. The van der Waals surface area contributed by atoms with Gasteiger partial charge in [-0.3, -0.25) is 4.79 Å². The predicted molar refractivity (Wildman–Crippen MR) is 94.5 cm³/mol. The Morgan fingerprint density at radius 3 is 2.52 bits per heavy atom. The van der Waals surface area contributed by atoms with Crippen molar-refractivity contribution in [3.8, 4) is 0 Å². The second kappa shape index (κ2) is 7.43. The lowest BCUT2D eigenvalue weighted by Gasteiger charge is -2.33. The molecular formula is C17H17ClN2O4S. The van der Waals surface area contributed by atoms with Gasteiger partial charge < -0.3 is 9.32 Å². The van der Waals surface area contributed by atoms with Crippen LogP contribution in [-0.4, -0.2) is 49.7 Å². The topological polar surface area (TPSA) is 70.8 Å². The van der Waals surface area contributed by atoms with Gasteiger partial charge in [-0.25, -0.2) is 8.42 Å². The molecule has 0 N–H and O–H groups in total. The fraction of sp³-hybridized carbons (Fsp3) is 0.235. The lowest BCUT2D eigenvalue weighted by molar-refractivity contribution is -0.127. The first-order valence-corrected chi connectivity index (χ1v) is 9.55. The zero-order chi connectivity index (χ0) is 17.9. The summed E-state index contributed by atoms with van der Waals surface area (Å²) < 4.78 is 31.8. The number of furan rings is 1. The molecule has 0 atom stereocenters. The van der Waals surface area contributed by atoms with Crippen LogP contribution in [0.15, 0.2) is 58.1 Å². The summed E-state index contributed by atoms with van der Waals surface area (Å²) in [6.45, 7) is 1.16. The molecule has 1 fully saturated rings. The van der Waals surface area contributed by atoms with E-state index in [1.54, 1.807) is 35.2 Å². The third-order valence-corrected chi connectivity index (χ3v) is 6.05. The Bertz CT molecular complexity index is 870. The molecule has 25 heavy (non-hydrogen) atoms. The van der Waals surface area contributed by atoms with Gasteiger partial charge in [0, 0.05) is 37.3 Å². The van der Waals surface area contributed by atoms with Crippen LogP contribution < -0.4 is 0 Å². The first-order chi connectivity index (χ1) is 12.0. The van der Waals surface area contributed by atoms with Gasteiger partial charge in [-0.05, 0) is 36.4 Å². The van der Waals surface area contributed by atoms with Crippen molar-refractivity contribution in [3.05, 3.63) is 59.5 Å². The van der Waals surface area contributed by atoms with E-state index in [2.05, 4.69) is 0 Å². The smallest absolute Gasteiger partial charge is 0.246 e. The van der Waals surface area contributed by atoms with E-state index < -0.39 is 10.0 Å². The van der Waals surface area contributed by atoms with E-state index in [9.17, 15) is 13.2 Å². The zero-order valence-corrected chi connectivity index (χ0v) is 14.9. The number of carbonyl (C=O) groups excluding carboxylic acids is 1. The summed E-state index contributed by atoms with van der Waals surface area (Å²) in [7, 11) is -3.60. The quantitative estimate of drug-likeness (QED) is 0.764. The van der Waals surface area contributed by atoms with Gasteiger partial charge in [-0.1, -0.05) is 17.7 Å². The monoisotopic (exact) mass is 380 g/mol. The van der Waals surface area contributed by atoms with Gasteiger partial charge in [-0.15, -0.1) is 0 Å². The van der Waals surface area contributed by atoms with Crippen LogP contribution in [0.2, 0.25) is 5.02 Å². The van der Waals surface area contributed by atoms with Crippen molar-refractivity contribution in [2.75, 3.05) is 26.2 Å². The maximum Gasteiger partial charge on any atom is 0.246 e. The molecule has 132 valence electrons. The Balaban J connectivity index is 1.62. The molecule has 1 aromatic carbocycles. The van der Waals surface area contributed by atoms with E-state index in [1.807, 2.05) is 0 Å². The number of hydrogen-bond donors (Lipinski definition) is 0. The highest BCUT2D eigenvalue weighted by molar-refractivity contribution is 7.89. The number of benzene rings is 1. The van der Waals surface area contributed by atoms with Gasteiger partial charge >= 0.3 is 0 Å². The number of carbonyl (C=O) groups is 1. The molecule has 2 heterocycles. The van der Waals surface area contributed by atoms with E-state index in [1.165, 1.54) is 28.8 Å². The molecule has 1 saturated heterocycles. The van der Waals surface area contributed by atoms with Crippen molar-refractivity contribution in [1.82, 2.24) is 9.21 Å². The van der Waals surface area contributed by atoms with E-state index in [4.69, 9.17) is 16.0 Å². The van der Waals surface area contributed by atoms with Crippen molar-refractivity contribution in [2.24, 2.45) is 0 Å². The second-order valence-corrected chi connectivity index (χ2v) is 7.91. The summed E-state index contributed by atoms with van der Waals surface area (Å²) >= 11 is 5.88. The molecule has 8 heteroatoms. The van der Waals surface area contributed by atoms with Gasteiger partial charge in [0.1, 0.15) is 5.76 Å². The van der Waals surface area contributed by atoms with Crippen molar-refractivity contribution < 1.29 is 17.6 Å². The number of amides is 1. The maximum atomic E-state index is 12.6. The van der Waals surface area contributed by atoms with E-state index >= 15 is 0 Å². The highest BCUT2D eigenvalue weighted by atomic mass is 35.5. The lowest BCUT2D eigenvalue weighted by atomic mass is 10.3. The zero-order valence-electron chi connectivity index (χ0n) is 13.3. The van der Waals surface area contributed by atoms with Crippen LogP contribution in [0.4, 0.5) is 0 Å². The van der Waals surface area contributed by atoms with Crippen molar-refractivity contribution in [3.63, 3.8) is 0 Å². The minimum Gasteiger partial charge on any atom is -0.465 e. The molecule has 0 aliphatic carbocycles. The Morgan fingerprint density at radius 1 is 1.12 bits per heavy atom. The minimum atomic E-state index is -3.60. The highest BCUT2D eigenvalue weighted by Gasteiger charge is 2.29. The molecular weight excluding hydrogens is 364 g/mol. The van der Waals surface area contributed by atoms with Crippen LogP contribution >= 0.6 is 11.6 Å². The molecule has 1 aliphatic rings. The third kappa shape index (κ3) is 4.12. The van der Waals surface area contributed by atoms with Crippen molar-refractivity contribution >= 4 is 33.6 Å². The largest absolute Gasteiger partial charge is 0.465 e. The van der Waals surface area contributed by atoms with Crippen LogP contribution in [0.25, 0.3) is 6.08 Å². The third-order valence-electron chi connectivity index (χ3n) is 3.92. The first kappa shape index (κ1) is 17.7. The number of piperazine rings is 1.